The van der Waals surface area contributed by atoms with Gasteiger partial charge in [0, 0.05) is 11.1 Å². The maximum absolute atomic E-state index is 11.2. The van der Waals surface area contributed by atoms with Crippen LogP contribution in [0.2, 0.25) is 5.02 Å². The van der Waals surface area contributed by atoms with Crippen molar-refractivity contribution in [1.82, 2.24) is 0 Å². The van der Waals surface area contributed by atoms with Gasteiger partial charge in [-0.25, -0.2) is 0 Å². The van der Waals surface area contributed by atoms with Gasteiger partial charge >= 0.3 is 0 Å². The van der Waals surface area contributed by atoms with Gasteiger partial charge in [0.25, 0.3) is 5.69 Å². The van der Waals surface area contributed by atoms with Crippen LogP contribution in [0.4, 0.5) is 5.69 Å². The van der Waals surface area contributed by atoms with Crippen molar-refractivity contribution in [2.45, 2.75) is 6.54 Å². The van der Waals surface area contributed by atoms with Gasteiger partial charge in [-0.05, 0) is 23.8 Å². The third kappa shape index (κ3) is 5.14. The lowest BCUT2D eigenvalue weighted by Crippen LogP contribution is -3.27. The second-order valence-electron chi connectivity index (χ2n) is 6.72. The molecule has 2 N–H and O–H groups in total. The largest absolute Gasteiger partial charge is 0.322 e. The van der Waals surface area contributed by atoms with Crippen LogP contribution in [-0.2, 0) is 6.54 Å². The van der Waals surface area contributed by atoms with Gasteiger partial charge in [-0.15, -0.1) is 0 Å². The van der Waals surface area contributed by atoms with Gasteiger partial charge in [0.05, 0.1) is 17.0 Å². The molecule has 6 heteroatoms. The summed E-state index contributed by atoms with van der Waals surface area (Å²) in [6.07, 6.45) is 4.40. The molecule has 2 aromatic rings. The molecule has 0 atom stereocenters. The Hall–Kier alpha value is -2.21. The summed E-state index contributed by atoms with van der Waals surface area (Å²) in [5.74, 6) is 0. The smallest absolute Gasteiger partial charge is 0.278 e. The van der Waals surface area contributed by atoms with Crippen molar-refractivity contribution < 1.29 is 14.7 Å². The number of nitro groups is 1. The summed E-state index contributed by atoms with van der Waals surface area (Å²) in [6.45, 7) is 5.84. The summed E-state index contributed by atoms with van der Waals surface area (Å²) in [5.41, 5.74) is 2.12. The number of nitrogens with zero attached hydrogens (tertiary/aromatic N) is 1. The molecule has 0 unspecified atom stereocenters. The van der Waals surface area contributed by atoms with Crippen molar-refractivity contribution >= 4 is 23.4 Å². The van der Waals surface area contributed by atoms with Crippen LogP contribution in [0.5, 0.6) is 0 Å². The molecule has 1 aliphatic rings. The van der Waals surface area contributed by atoms with Crippen LogP contribution in [0, 0.1) is 10.1 Å². The van der Waals surface area contributed by atoms with Crippen LogP contribution in [0.25, 0.3) is 6.08 Å². The van der Waals surface area contributed by atoms with Crippen LogP contribution in [0.1, 0.15) is 11.1 Å². The molecule has 0 bridgehead atoms. The first kappa shape index (κ1) is 18.6. The highest BCUT2D eigenvalue weighted by Crippen LogP contribution is 2.21. The molecule has 0 saturated carbocycles. The summed E-state index contributed by atoms with van der Waals surface area (Å²) < 4.78 is 0. The number of nitro benzene ring substituents is 1. The summed E-state index contributed by atoms with van der Waals surface area (Å²) >= 11 is 6.03. The van der Waals surface area contributed by atoms with E-state index in [9.17, 15) is 10.1 Å². The van der Waals surface area contributed by atoms with Gasteiger partial charge in [-0.3, -0.25) is 10.1 Å². The molecule has 26 heavy (non-hydrogen) atoms. The van der Waals surface area contributed by atoms with Crippen molar-refractivity contribution in [3.8, 4) is 0 Å². The first-order chi connectivity index (χ1) is 12.6. The molecule has 1 fully saturated rings. The molecule has 5 nitrogen and oxygen atoms in total. The fourth-order valence-corrected chi connectivity index (χ4v) is 3.60. The zero-order valence-electron chi connectivity index (χ0n) is 14.7. The van der Waals surface area contributed by atoms with E-state index in [0.717, 1.165) is 38.3 Å². The zero-order chi connectivity index (χ0) is 18.4. The van der Waals surface area contributed by atoms with E-state index in [-0.39, 0.29) is 10.6 Å². The van der Waals surface area contributed by atoms with Gasteiger partial charge in [0.1, 0.15) is 32.7 Å². The predicted molar refractivity (Wildman–Crippen MR) is 104 cm³/mol. The Bertz CT molecular complexity index is 772. The Kier molecular flexibility index (Phi) is 6.39. The van der Waals surface area contributed by atoms with E-state index in [1.54, 1.807) is 17.0 Å². The number of hydrogen-bond donors (Lipinski definition) is 2. The van der Waals surface area contributed by atoms with Crippen molar-refractivity contribution in [3.05, 3.63) is 80.9 Å². The Morgan fingerprint density at radius 1 is 1.04 bits per heavy atom. The molecule has 1 heterocycles. The Balaban J connectivity index is 1.51. The number of quaternary nitrogens is 2. The lowest BCUT2D eigenvalue weighted by molar-refractivity contribution is -1.02. The first-order valence-electron chi connectivity index (χ1n) is 8.93. The highest BCUT2D eigenvalue weighted by molar-refractivity contribution is 6.30. The Morgan fingerprint density at radius 2 is 1.73 bits per heavy atom. The van der Waals surface area contributed by atoms with E-state index in [2.05, 4.69) is 24.3 Å². The van der Waals surface area contributed by atoms with Crippen LogP contribution < -0.4 is 9.80 Å². The quantitative estimate of drug-likeness (QED) is 0.591. The standard InChI is InChI=1S/C20H22ClN3O2/c21-19-8-9-20(24(25)26)18(15-19)16-23-13-11-22(12-14-23)10-4-7-17-5-2-1-3-6-17/h1-9,15H,10-14,16H2/p+2/b7-4+. The van der Waals surface area contributed by atoms with Crippen molar-refractivity contribution in [2.75, 3.05) is 32.7 Å². The van der Waals surface area contributed by atoms with E-state index in [1.807, 2.05) is 18.2 Å². The fourth-order valence-electron chi connectivity index (χ4n) is 3.41. The summed E-state index contributed by atoms with van der Waals surface area (Å²) in [4.78, 5) is 13.8. The SMILES string of the molecule is O=[N+]([O-])c1ccc(Cl)cc1C[NH+]1CC[NH+](C/C=C/c2ccccc2)CC1. The van der Waals surface area contributed by atoms with Crippen LogP contribution in [0.3, 0.4) is 0 Å². The third-order valence-electron chi connectivity index (χ3n) is 4.86. The van der Waals surface area contributed by atoms with Gasteiger partial charge in [0.15, 0.2) is 0 Å². The normalized spacial score (nSPS) is 20.3. The average Bonchev–Trinajstić information content (AvgIpc) is 2.64. The number of nitrogens with one attached hydrogen (secondary N) is 2. The maximum Gasteiger partial charge on any atom is 0.278 e. The number of hydrogen-bond acceptors (Lipinski definition) is 2. The summed E-state index contributed by atoms with van der Waals surface area (Å²) in [7, 11) is 0. The summed E-state index contributed by atoms with van der Waals surface area (Å²) in [6, 6.07) is 15.1. The highest BCUT2D eigenvalue weighted by atomic mass is 35.5. The molecule has 136 valence electrons. The van der Waals surface area contributed by atoms with E-state index in [0.29, 0.717) is 11.6 Å². The van der Waals surface area contributed by atoms with E-state index in [1.165, 1.54) is 16.5 Å². The second kappa shape index (κ2) is 8.94. The molecule has 1 aliphatic heterocycles. The lowest BCUT2D eigenvalue weighted by atomic mass is 10.1. The molecule has 0 spiro atoms. The molecule has 1 saturated heterocycles. The van der Waals surface area contributed by atoms with Gasteiger partial charge in [-0.2, -0.15) is 0 Å². The monoisotopic (exact) mass is 373 g/mol. The van der Waals surface area contributed by atoms with Gasteiger partial charge in [-0.1, -0.05) is 48.0 Å². The maximum atomic E-state index is 11.2. The molecule has 0 aliphatic carbocycles. The minimum Gasteiger partial charge on any atom is -0.322 e. The predicted octanol–water partition coefficient (Wildman–Crippen LogP) is 1.24. The Morgan fingerprint density at radius 3 is 2.42 bits per heavy atom. The van der Waals surface area contributed by atoms with Crippen LogP contribution >= 0.6 is 11.6 Å². The number of piperazine rings is 1. The molecular weight excluding hydrogens is 350 g/mol. The van der Waals surface area contributed by atoms with Gasteiger partial charge < -0.3 is 9.80 Å². The van der Waals surface area contributed by atoms with Gasteiger partial charge in [0.2, 0.25) is 0 Å². The molecule has 2 aromatic carbocycles. The van der Waals surface area contributed by atoms with Crippen molar-refractivity contribution in [3.63, 3.8) is 0 Å². The second-order valence-corrected chi connectivity index (χ2v) is 7.16. The topological polar surface area (TPSA) is 52.0 Å². The molecule has 0 aromatic heterocycles. The third-order valence-corrected chi connectivity index (χ3v) is 5.09. The highest BCUT2D eigenvalue weighted by Gasteiger charge is 2.25. The number of rotatable bonds is 6. The first-order valence-corrected chi connectivity index (χ1v) is 9.31. The van der Waals surface area contributed by atoms with Crippen molar-refractivity contribution in [2.24, 2.45) is 0 Å². The minimum absolute atomic E-state index is 0.169. The minimum atomic E-state index is -0.318. The molecule has 0 radical (unpaired) electrons. The Labute approximate surface area is 158 Å². The number of halogens is 1. The molecule has 0 amide bonds. The average molecular weight is 374 g/mol. The van der Waals surface area contributed by atoms with Crippen LogP contribution in [-0.4, -0.2) is 37.6 Å². The van der Waals surface area contributed by atoms with Crippen LogP contribution in [0.15, 0.2) is 54.6 Å². The fraction of sp³-hybridized carbons (Fsp3) is 0.300. The molecular formula is C20H24ClN3O2+2. The van der Waals surface area contributed by atoms with Crippen molar-refractivity contribution in [1.29, 1.82) is 0 Å². The number of benzene rings is 2. The van der Waals surface area contributed by atoms with E-state index < -0.39 is 0 Å². The zero-order valence-corrected chi connectivity index (χ0v) is 15.4. The summed E-state index contributed by atoms with van der Waals surface area (Å²) in [5, 5.41) is 11.8. The van der Waals surface area contributed by atoms with E-state index in [4.69, 9.17) is 11.6 Å². The van der Waals surface area contributed by atoms with E-state index >= 15 is 0 Å². The molecule has 3 rings (SSSR count). The lowest BCUT2D eigenvalue weighted by Gasteiger charge is -2.29.